The average Bonchev–Trinajstić information content (AvgIpc) is 3.12. The Bertz CT molecular complexity index is 783. The van der Waals surface area contributed by atoms with Crippen molar-refractivity contribution in [1.82, 2.24) is 19.8 Å². The number of ether oxygens (including phenoxy) is 1. The molecule has 2 aromatic rings. The largest absolute Gasteiger partial charge is 0.370 e. The van der Waals surface area contributed by atoms with Crippen LogP contribution in [-0.2, 0) is 17.8 Å². The van der Waals surface area contributed by atoms with Crippen LogP contribution in [0, 0.1) is 12.8 Å². The van der Waals surface area contributed by atoms with Crippen molar-refractivity contribution in [1.29, 1.82) is 0 Å². The summed E-state index contributed by atoms with van der Waals surface area (Å²) in [4.78, 5) is 11.7. The lowest BCUT2D eigenvalue weighted by atomic mass is 10.0. The van der Waals surface area contributed by atoms with Gasteiger partial charge in [-0.25, -0.2) is 9.98 Å². The van der Waals surface area contributed by atoms with E-state index in [4.69, 9.17) is 9.73 Å². The second kappa shape index (κ2) is 9.73. The number of imidazole rings is 1. The number of guanidine groups is 1. The number of aryl methyl sites for hydroxylation is 1. The predicted octanol–water partition coefficient (Wildman–Crippen LogP) is 3.39. The number of aliphatic imine (C=N–C) groups is 1. The number of hydrogen-bond acceptors (Lipinski definition) is 3. The second-order valence-corrected chi connectivity index (χ2v) is 7.72. The summed E-state index contributed by atoms with van der Waals surface area (Å²) in [6.45, 7) is 13.4. The fraction of sp³-hybridized carbons (Fsp3) is 0.545. The van der Waals surface area contributed by atoms with E-state index in [1.54, 1.807) is 0 Å². The van der Waals surface area contributed by atoms with Crippen molar-refractivity contribution >= 4 is 5.96 Å². The Labute approximate surface area is 168 Å². The average molecular weight is 384 g/mol. The van der Waals surface area contributed by atoms with E-state index in [0.29, 0.717) is 19.1 Å². The van der Waals surface area contributed by atoms with Crippen LogP contribution in [0.3, 0.4) is 0 Å². The lowest BCUT2D eigenvalue weighted by Crippen LogP contribution is -2.48. The Hall–Kier alpha value is -2.34. The fourth-order valence-electron chi connectivity index (χ4n) is 3.60. The molecule has 0 amide bonds. The minimum atomic E-state index is 0.0710. The van der Waals surface area contributed by atoms with E-state index < -0.39 is 0 Å². The van der Waals surface area contributed by atoms with Crippen LogP contribution in [0.4, 0.5) is 0 Å². The predicted molar refractivity (Wildman–Crippen MR) is 113 cm³/mol. The monoisotopic (exact) mass is 383 g/mol. The van der Waals surface area contributed by atoms with Crippen LogP contribution in [-0.4, -0.2) is 46.7 Å². The molecular formula is C22H33N5O. The van der Waals surface area contributed by atoms with Crippen LogP contribution in [0.5, 0.6) is 0 Å². The number of rotatable bonds is 6. The van der Waals surface area contributed by atoms with Crippen LogP contribution in [0.2, 0.25) is 0 Å². The summed E-state index contributed by atoms with van der Waals surface area (Å²) in [6, 6.07) is 8.46. The van der Waals surface area contributed by atoms with Crippen LogP contribution in [0.1, 0.15) is 43.8 Å². The molecule has 3 rings (SSSR count). The molecule has 1 aliphatic rings. The van der Waals surface area contributed by atoms with Gasteiger partial charge in [0.05, 0.1) is 13.2 Å². The molecule has 1 aliphatic heterocycles. The van der Waals surface area contributed by atoms with Crippen molar-refractivity contribution in [3.8, 4) is 0 Å². The smallest absolute Gasteiger partial charge is 0.194 e. The first kappa shape index (κ1) is 20.4. The van der Waals surface area contributed by atoms with Gasteiger partial charge in [0, 0.05) is 32.0 Å². The van der Waals surface area contributed by atoms with Crippen LogP contribution >= 0.6 is 0 Å². The molecule has 152 valence electrons. The quantitative estimate of drug-likeness (QED) is 0.614. The summed E-state index contributed by atoms with van der Waals surface area (Å²) < 4.78 is 8.28. The van der Waals surface area contributed by atoms with Crippen LogP contribution in [0.25, 0.3) is 0 Å². The van der Waals surface area contributed by atoms with Crippen molar-refractivity contribution in [2.45, 2.75) is 46.9 Å². The van der Waals surface area contributed by atoms with E-state index in [1.807, 2.05) is 12.4 Å². The minimum absolute atomic E-state index is 0.0710. The Kier molecular flexibility index (Phi) is 7.09. The zero-order chi connectivity index (χ0) is 19.9. The van der Waals surface area contributed by atoms with Gasteiger partial charge in [-0.3, -0.25) is 0 Å². The Morgan fingerprint density at radius 2 is 2.18 bits per heavy atom. The van der Waals surface area contributed by atoms with Gasteiger partial charge < -0.3 is 19.5 Å². The molecule has 2 heterocycles. The van der Waals surface area contributed by atoms with E-state index in [-0.39, 0.29) is 6.10 Å². The summed E-state index contributed by atoms with van der Waals surface area (Å²) in [5.41, 5.74) is 2.53. The highest BCUT2D eigenvalue weighted by molar-refractivity contribution is 5.80. The first-order valence-electron chi connectivity index (χ1n) is 10.3. The molecule has 28 heavy (non-hydrogen) atoms. The van der Waals surface area contributed by atoms with Gasteiger partial charge in [-0.1, -0.05) is 38.1 Å². The molecule has 6 heteroatoms. The number of hydrogen-bond donors (Lipinski definition) is 1. The van der Waals surface area contributed by atoms with Crippen molar-refractivity contribution in [3.63, 3.8) is 0 Å². The molecule has 0 radical (unpaired) electrons. The third-order valence-corrected chi connectivity index (χ3v) is 4.97. The van der Waals surface area contributed by atoms with Gasteiger partial charge in [0.1, 0.15) is 18.5 Å². The minimum Gasteiger partial charge on any atom is -0.370 e. The molecule has 1 atom stereocenters. The Morgan fingerprint density at radius 1 is 1.36 bits per heavy atom. The Balaban J connectivity index is 1.73. The van der Waals surface area contributed by atoms with Gasteiger partial charge in [0.2, 0.25) is 0 Å². The van der Waals surface area contributed by atoms with Gasteiger partial charge in [0.15, 0.2) is 5.96 Å². The van der Waals surface area contributed by atoms with Crippen molar-refractivity contribution in [2.24, 2.45) is 10.9 Å². The summed E-state index contributed by atoms with van der Waals surface area (Å²) in [7, 11) is 0. The van der Waals surface area contributed by atoms with E-state index in [2.05, 4.69) is 71.7 Å². The molecule has 0 saturated carbocycles. The highest BCUT2D eigenvalue weighted by atomic mass is 16.5. The second-order valence-electron chi connectivity index (χ2n) is 7.72. The SMILES string of the molecule is CCNC(=NCc1nccn1CC(C)C)N1CCOC(c2ccccc2C)C1. The van der Waals surface area contributed by atoms with Gasteiger partial charge in [-0.15, -0.1) is 0 Å². The zero-order valence-electron chi connectivity index (χ0n) is 17.6. The lowest BCUT2D eigenvalue weighted by Gasteiger charge is -2.35. The summed E-state index contributed by atoms with van der Waals surface area (Å²) >= 11 is 0. The number of aromatic nitrogens is 2. The first-order chi connectivity index (χ1) is 13.6. The van der Waals surface area contributed by atoms with Gasteiger partial charge in [0.25, 0.3) is 0 Å². The van der Waals surface area contributed by atoms with Crippen LogP contribution in [0.15, 0.2) is 41.7 Å². The number of morpholine rings is 1. The molecule has 1 N–H and O–H groups in total. The maximum Gasteiger partial charge on any atom is 0.194 e. The highest BCUT2D eigenvalue weighted by Gasteiger charge is 2.25. The lowest BCUT2D eigenvalue weighted by molar-refractivity contribution is -0.00834. The zero-order valence-corrected chi connectivity index (χ0v) is 17.6. The topological polar surface area (TPSA) is 54.7 Å². The van der Waals surface area contributed by atoms with E-state index in [1.165, 1.54) is 11.1 Å². The van der Waals surface area contributed by atoms with Crippen LogP contribution < -0.4 is 5.32 Å². The van der Waals surface area contributed by atoms with E-state index in [0.717, 1.165) is 38.0 Å². The number of nitrogens with zero attached hydrogens (tertiary/aromatic N) is 4. The molecular weight excluding hydrogens is 350 g/mol. The molecule has 6 nitrogen and oxygen atoms in total. The van der Waals surface area contributed by atoms with E-state index >= 15 is 0 Å². The molecule has 0 bridgehead atoms. The molecule has 1 unspecified atom stereocenters. The maximum atomic E-state index is 6.08. The van der Waals surface area contributed by atoms with Crippen molar-refractivity contribution in [2.75, 3.05) is 26.2 Å². The molecule has 0 aliphatic carbocycles. The molecule has 1 saturated heterocycles. The molecule has 1 aromatic heterocycles. The number of nitrogens with one attached hydrogen (secondary N) is 1. The summed E-state index contributed by atoms with van der Waals surface area (Å²) in [5, 5.41) is 3.44. The molecule has 0 spiro atoms. The third kappa shape index (κ3) is 5.13. The van der Waals surface area contributed by atoms with E-state index in [9.17, 15) is 0 Å². The normalized spacial score (nSPS) is 18.0. The van der Waals surface area contributed by atoms with Crippen molar-refractivity contribution < 1.29 is 4.74 Å². The highest BCUT2D eigenvalue weighted by Crippen LogP contribution is 2.25. The van der Waals surface area contributed by atoms with Gasteiger partial charge >= 0.3 is 0 Å². The maximum absolute atomic E-state index is 6.08. The Morgan fingerprint density at radius 3 is 2.93 bits per heavy atom. The van der Waals surface area contributed by atoms with Gasteiger partial charge in [-0.05, 0) is 30.9 Å². The number of benzene rings is 1. The summed E-state index contributed by atoms with van der Waals surface area (Å²) in [6.07, 6.45) is 3.98. The molecule has 1 fully saturated rings. The standard InChI is InChI=1S/C22H33N5O/c1-5-23-22(25-14-21-24-10-11-26(21)15-17(2)3)27-12-13-28-20(16-27)19-9-7-6-8-18(19)4/h6-11,17,20H,5,12-16H2,1-4H3,(H,23,25). The van der Waals surface area contributed by atoms with Gasteiger partial charge in [-0.2, -0.15) is 0 Å². The van der Waals surface area contributed by atoms with Crippen molar-refractivity contribution in [3.05, 3.63) is 53.6 Å². The fourth-order valence-corrected chi connectivity index (χ4v) is 3.60. The third-order valence-electron chi connectivity index (χ3n) is 4.97. The molecule has 1 aromatic carbocycles. The first-order valence-corrected chi connectivity index (χ1v) is 10.3. The summed E-state index contributed by atoms with van der Waals surface area (Å²) in [5.74, 6) is 2.52.